The minimum atomic E-state index is -0.326. The molecule has 20 heavy (non-hydrogen) atoms. The molecule has 0 aromatic heterocycles. The van der Waals surface area contributed by atoms with Crippen LogP contribution in [0.1, 0.15) is 19.8 Å². The molecule has 0 bridgehead atoms. The zero-order valence-corrected chi connectivity index (χ0v) is 12.1. The van der Waals surface area contributed by atoms with Gasteiger partial charge >= 0.3 is 5.97 Å². The van der Waals surface area contributed by atoms with Crippen LogP contribution >= 0.6 is 0 Å². The zero-order chi connectivity index (χ0) is 14.8. The number of carbonyl (C=O) groups excluding carboxylic acids is 2. The third-order valence-corrected chi connectivity index (χ3v) is 3.00. The number of carbonyl (C=O) groups is 2. The van der Waals surface area contributed by atoms with Crippen molar-refractivity contribution in [2.24, 2.45) is 0 Å². The Labute approximate surface area is 120 Å². The topological polar surface area (TPSA) is 67.9 Å². The number of hydrogen-bond acceptors (Lipinski definition) is 5. The molecule has 6 heteroatoms. The van der Waals surface area contributed by atoms with E-state index in [9.17, 15) is 9.59 Å². The first-order valence-corrected chi connectivity index (χ1v) is 7.01. The number of nitrogens with zero attached hydrogens (tertiary/aromatic N) is 1. The molecule has 0 aliphatic carbocycles. The Kier molecular flexibility index (Phi) is 7.91. The number of rotatable bonds is 8. The molecule has 6 nitrogen and oxygen atoms in total. The molecule has 1 N–H and O–H groups in total. The highest BCUT2D eigenvalue weighted by Gasteiger charge is 2.19. The number of ether oxygens (including phenoxy) is 2. The molecule has 114 valence electrons. The third kappa shape index (κ3) is 6.68. The van der Waals surface area contributed by atoms with Crippen molar-refractivity contribution in [2.75, 3.05) is 39.5 Å². The van der Waals surface area contributed by atoms with E-state index < -0.39 is 0 Å². The van der Waals surface area contributed by atoms with Gasteiger partial charge in [0.25, 0.3) is 0 Å². The monoisotopic (exact) mass is 284 g/mol. The lowest BCUT2D eigenvalue weighted by Crippen LogP contribution is -2.45. The van der Waals surface area contributed by atoms with Crippen molar-refractivity contribution in [1.82, 2.24) is 10.2 Å². The van der Waals surface area contributed by atoms with Crippen molar-refractivity contribution >= 4 is 11.9 Å². The average molecular weight is 284 g/mol. The van der Waals surface area contributed by atoms with Crippen molar-refractivity contribution in [3.63, 3.8) is 0 Å². The smallest absolute Gasteiger partial charge is 0.320 e. The largest absolute Gasteiger partial charge is 0.465 e. The maximum absolute atomic E-state index is 12.0. The summed E-state index contributed by atoms with van der Waals surface area (Å²) in [6.07, 6.45) is 3.34. The summed E-state index contributed by atoms with van der Waals surface area (Å²) in [5, 5.41) is 2.97. The molecular weight excluding hydrogens is 260 g/mol. The van der Waals surface area contributed by atoms with Crippen LogP contribution in [0.5, 0.6) is 0 Å². The minimum absolute atomic E-state index is 0.0805. The van der Waals surface area contributed by atoms with Gasteiger partial charge in [-0.2, -0.15) is 0 Å². The standard InChI is InChI=1S/C14H24N2O4/c1-3-7-16(11-14(18)20-4-2)10-13(17)15-12-5-8-19-9-6-12/h3,12H,1,4-11H2,2H3,(H,15,17). The highest BCUT2D eigenvalue weighted by Crippen LogP contribution is 2.06. The first-order chi connectivity index (χ1) is 9.65. The first kappa shape index (κ1) is 16.7. The van der Waals surface area contributed by atoms with E-state index >= 15 is 0 Å². The van der Waals surface area contributed by atoms with Crippen molar-refractivity contribution in [3.8, 4) is 0 Å². The van der Waals surface area contributed by atoms with E-state index in [2.05, 4.69) is 11.9 Å². The molecule has 0 spiro atoms. The van der Waals surface area contributed by atoms with Crippen molar-refractivity contribution in [3.05, 3.63) is 12.7 Å². The van der Waals surface area contributed by atoms with Gasteiger partial charge < -0.3 is 14.8 Å². The Balaban J connectivity index is 2.36. The van der Waals surface area contributed by atoms with Gasteiger partial charge in [0.2, 0.25) is 5.91 Å². The van der Waals surface area contributed by atoms with Crippen LogP contribution in [0.15, 0.2) is 12.7 Å². The summed E-state index contributed by atoms with van der Waals surface area (Å²) in [4.78, 5) is 25.1. The predicted molar refractivity (Wildman–Crippen MR) is 75.3 cm³/mol. The molecule has 0 aromatic rings. The average Bonchev–Trinajstić information content (AvgIpc) is 2.40. The summed E-state index contributed by atoms with van der Waals surface area (Å²) >= 11 is 0. The van der Waals surface area contributed by atoms with Gasteiger partial charge in [0, 0.05) is 25.8 Å². The Morgan fingerprint density at radius 1 is 1.40 bits per heavy atom. The molecule has 0 aromatic carbocycles. The molecule has 0 radical (unpaired) electrons. The summed E-state index contributed by atoms with van der Waals surface area (Å²) < 4.78 is 10.1. The summed E-state index contributed by atoms with van der Waals surface area (Å²) in [5.74, 6) is -0.406. The van der Waals surface area contributed by atoms with Gasteiger partial charge in [-0.05, 0) is 19.8 Å². The fourth-order valence-electron chi connectivity index (χ4n) is 2.08. The lowest BCUT2D eigenvalue weighted by molar-refractivity contribution is -0.144. The van der Waals surface area contributed by atoms with Gasteiger partial charge in [-0.25, -0.2) is 0 Å². The number of esters is 1. The summed E-state index contributed by atoms with van der Waals surface area (Å²) in [6.45, 7) is 7.84. The Morgan fingerprint density at radius 2 is 2.10 bits per heavy atom. The van der Waals surface area contributed by atoms with Gasteiger partial charge in [-0.1, -0.05) is 6.08 Å². The fourth-order valence-corrected chi connectivity index (χ4v) is 2.08. The van der Waals surface area contributed by atoms with Crippen molar-refractivity contribution in [1.29, 1.82) is 0 Å². The van der Waals surface area contributed by atoms with Crippen LogP contribution < -0.4 is 5.32 Å². The van der Waals surface area contributed by atoms with Crippen LogP contribution in [0.2, 0.25) is 0 Å². The normalized spacial score (nSPS) is 15.9. The molecule has 1 aliphatic heterocycles. The fraction of sp³-hybridized carbons (Fsp3) is 0.714. The molecule has 1 rings (SSSR count). The number of nitrogens with one attached hydrogen (secondary N) is 1. The summed E-state index contributed by atoms with van der Waals surface area (Å²) in [5.41, 5.74) is 0. The van der Waals surface area contributed by atoms with E-state index in [1.807, 2.05) is 0 Å². The van der Waals surface area contributed by atoms with Crippen LogP contribution in [0.25, 0.3) is 0 Å². The molecule has 0 unspecified atom stereocenters. The van der Waals surface area contributed by atoms with Crippen molar-refractivity contribution in [2.45, 2.75) is 25.8 Å². The number of amides is 1. The van der Waals surface area contributed by atoms with E-state index in [1.165, 1.54) is 0 Å². The SMILES string of the molecule is C=CCN(CC(=O)NC1CCOCC1)CC(=O)OCC. The zero-order valence-electron chi connectivity index (χ0n) is 12.1. The second kappa shape index (κ2) is 9.50. The minimum Gasteiger partial charge on any atom is -0.465 e. The van der Waals surface area contributed by atoms with E-state index in [-0.39, 0.29) is 31.0 Å². The molecule has 1 amide bonds. The molecule has 1 saturated heterocycles. The number of hydrogen-bond donors (Lipinski definition) is 1. The quantitative estimate of drug-likeness (QED) is 0.514. The Hall–Kier alpha value is -1.40. The van der Waals surface area contributed by atoms with Crippen LogP contribution in [-0.2, 0) is 19.1 Å². The van der Waals surface area contributed by atoms with Crippen molar-refractivity contribution < 1.29 is 19.1 Å². The lowest BCUT2D eigenvalue weighted by atomic mass is 10.1. The second-order valence-corrected chi connectivity index (χ2v) is 4.72. The van der Waals surface area contributed by atoms with Gasteiger partial charge in [-0.3, -0.25) is 14.5 Å². The Bertz CT molecular complexity index is 327. The second-order valence-electron chi connectivity index (χ2n) is 4.72. The summed E-state index contributed by atoms with van der Waals surface area (Å²) in [6, 6.07) is 0.171. The molecule has 1 aliphatic rings. The van der Waals surface area contributed by atoms with Crippen LogP contribution in [-0.4, -0.2) is 62.3 Å². The van der Waals surface area contributed by atoms with E-state index in [0.29, 0.717) is 26.4 Å². The van der Waals surface area contributed by atoms with E-state index in [4.69, 9.17) is 9.47 Å². The first-order valence-electron chi connectivity index (χ1n) is 7.01. The maximum Gasteiger partial charge on any atom is 0.320 e. The van der Waals surface area contributed by atoms with E-state index in [0.717, 1.165) is 12.8 Å². The highest BCUT2D eigenvalue weighted by molar-refractivity contribution is 5.79. The maximum atomic E-state index is 12.0. The van der Waals surface area contributed by atoms with E-state index in [1.54, 1.807) is 17.9 Å². The van der Waals surface area contributed by atoms with Gasteiger partial charge in [0.1, 0.15) is 0 Å². The lowest BCUT2D eigenvalue weighted by Gasteiger charge is -2.25. The van der Waals surface area contributed by atoms with Gasteiger partial charge in [0.15, 0.2) is 0 Å². The van der Waals surface area contributed by atoms with Gasteiger partial charge in [0.05, 0.1) is 19.7 Å². The molecule has 1 heterocycles. The molecule has 1 fully saturated rings. The van der Waals surface area contributed by atoms with Crippen LogP contribution in [0.3, 0.4) is 0 Å². The molecule has 0 atom stereocenters. The summed E-state index contributed by atoms with van der Waals surface area (Å²) in [7, 11) is 0. The van der Waals surface area contributed by atoms with Crippen LogP contribution in [0, 0.1) is 0 Å². The Morgan fingerprint density at radius 3 is 2.70 bits per heavy atom. The predicted octanol–water partition coefficient (Wildman–Crippen LogP) is 0.333. The highest BCUT2D eigenvalue weighted by atomic mass is 16.5. The van der Waals surface area contributed by atoms with Crippen LogP contribution in [0.4, 0.5) is 0 Å². The molecular formula is C14H24N2O4. The third-order valence-electron chi connectivity index (χ3n) is 3.00. The molecule has 0 saturated carbocycles. The van der Waals surface area contributed by atoms with Gasteiger partial charge in [-0.15, -0.1) is 6.58 Å².